The number of carbonyl (C=O) groups excluding carboxylic acids is 1. The van der Waals surface area contributed by atoms with Gasteiger partial charge in [0.25, 0.3) is 5.91 Å². The molecular weight excluding hydrogens is 262 g/mol. The number of hydrogen-bond donors (Lipinski definition) is 1. The van der Waals surface area contributed by atoms with Crippen LogP contribution in [0.15, 0.2) is 18.2 Å². The molecule has 1 saturated heterocycles. The zero-order valence-electron chi connectivity index (χ0n) is 10.7. The quantitative estimate of drug-likeness (QED) is 0.881. The summed E-state index contributed by atoms with van der Waals surface area (Å²) in [4.78, 5) is 12.1. The Morgan fingerprint density at radius 2 is 2.00 bits per heavy atom. The van der Waals surface area contributed by atoms with Crippen LogP contribution in [-0.4, -0.2) is 31.9 Å². The lowest BCUT2D eigenvalue weighted by atomic mass is 10.1. The van der Waals surface area contributed by atoms with Crippen molar-refractivity contribution in [2.24, 2.45) is 0 Å². The third-order valence-corrected chi connectivity index (χ3v) is 5.70. The molecule has 0 aromatic heterocycles. The van der Waals surface area contributed by atoms with Crippen LogP contribution in [0, 0.1) is 0 Å². The summed E-state index contributed by atoms with van der Waals surface area (Å²) < 4.78 is 22.7. The average Bonchev–Trinajstić information content (AvgIpc) is 2.94. The van der Waals surface area contributed by atoms with Crippen LogP contribution in [0.5, 0.6) is 0 Å². The van der Waals surface area contributed by atoms with Gasteiger partial charge in [0, 0.05) is 11.6 Å². The van der Waals surface area contributed by atoms with E-state index in [1.807, 2.05) is 18.2 Å². The maximum atomic E-state index is 12.1. The molecule has 1 N–H and O–H groups in total. The molecule has 3 rings (SSSR count). The molecule has 1 aliphatic carbocycles. The summed E-state index contributed by atoms with van der Waals surface area (Å²) in [6.45, 7) is 0. The van der Waals surface area contributed by atoms with Gasteiger partial charge in [-0.25, -0.2) is 8.42 Å². The largest absolute Gasteiger partial charge is 0.348 e. The Hall–Kier alpha value is -1.36. The standard InChI is InChI=1S/C14H17NO3S/c16-14(15-13-6-7-19(17,18)9-13)12-5-4-10-2-1-3-11(10)8-12/h4-5,8,13H,1-3,6-7,9H2,(H,15,16). The van der Waals surface area contributed by atoms with Crippen LogP contribution < -0.4 is 5.32 Å². The van der Waals surface area contributed by atoms with E-state index in [0.717, 1.165) is 19.3 Å². The van der Waals surface area contributed by atoms with E-state index in [0.29, 0.717) is 12.0 Å². The van der Waals surface area contributed by atoms with E-state index < -0.39 is 9.84 Å². The van der Waals surface area contributed by atoms with E-state index in [4.69, 9.17) is 0 Å². The molecule has 19 heavy (non-hydrogen) atoms. The van der Waals surface area contributed by atoms with Gasteiger partial charge in [0.15, 0.2) is 9.84 Å². The van der Waals surface area contributed by atoms with Gasteiger partial charge in [-0.2, -0.15) is 0 Å². The summed E-state index contributed by atoms with van der Waals surface area (Å²) in [7, 11) is -2.95. The maximum absolute atomic E-state index is 12.1. The molecule has 0 saturated carbocycles. The highest BCUT2D eigenvalue weighted by atomic mass is 32.2. The van der Waals surface area contributed by atoms with E-state index in [9.17, 15) is 13.2 Å². The first-order chi connectivity index (χ1) is 9.03. The average molecular weight is 279 g/mol. The SMILES string of the molecule is O=C(NC1CCS(=O)(=O)C1)c1ccc2c(c1)CCC2. The van der Waals surface area contributed by atoms with Crippen molar-refractivity contribution in [1.29, 1.82) is 0 Å². The first-order valence-corrected chi connectivity index (χ1v) is 8.49. The lowest BCUT2D eigenvalue weighted by Gasteiger charge is -2.11. The molecule has 0 bridgehead atoms. The normalized spacial score (nSPS) is 24.1. The molecule has 1 unspecified atom stereocenters. The van der Waals surface area contributed by atoms with Crippen LogP contribution in [0.1, 0.15) is 34.3 Å². The second-order valence-electron chi connectivity index (χ2n) is 5.41. The van der Waals surface area contributed by atoms with Crippen molar-refractivity contribution in [3.8, 4) is 0 Å². The van der Waals surface area contributed by atoms with Gasteiger partial charge in [-0.05, 0) is 48.9 Å². The molecule has 2 aliphatic rings. The highest BCUT2D eigenvalue weighted by Crippen LogP contribution is 2.23. The van der Waals surface area contributed by atoms with Crippen LogP contribution in [0.3, 0.4) is 0 Å². The fraction of sp³-hybridized carbons (Fsp3) is 0.500. The summed E-state index contributed by atoms with van der Waals surface area (Å²) in [5.74, 6) is 0.100. The zero-order chi connectivity index (χ0) is 13.5. The third-order valence-electron chi connectivity index (χ3n) is 3.93. The van der Waals surface area contributed by atoms with E-state index >= 15 is 0 Å². The van der Waals surface area contributed by atoms with Gasteiger partial charge in [-0.15, -0.1) is 0 Å². The molecule has 1 atom stereocenters. The predicted octanol–water partition coefficient (Wildman–Crippen LogP) is 1.09. The van der Waals surface area contributed by atoms with Gasteiger partial charge >= 0.3 is 0 Å². The molecule has 1 aromatic rings. The fourth-order valence-corrected chi connectivity index (χ4v) is 4.56. The molecule has 0 radical (unpaired) electrons. The number of benzene rings is 1. The highest BCUT2D eigenvalue weighted by Gasteiger charge is 2.29. The van der Waals surface area contributed by atoms with Crippen molar-refractivity contribution in [2.45, 2.75) is 31.7 Å². The number of amides is 1. The third kappa shape index (κ3) is 2.66. The molecule has 4 nitrogen and oxygen atoms in total. The minimum atomic E-state index is -2.95. The highest BCUT2D eigenvalue weighted by molar-refractivity contribution is 7.91. The Balaban J connectivity index is 1.71. The minimum absolute atomic E-state index is 0.0731. The smallest absolute Gasteiger partial charge is 0.251 e. The van der Waals surface area contributed by atoms with Gasteiger partial charge in [0.05, 0.1) is 11.5 Å². The molecule has 1 fully saturated rings. The first kappa shape index (κ1) is 12.7. The van der Waals surface area contributed by atoms with Gasteiger partial charge in [0.2, 0.25) is 0 Å². The number of sulfone groups is 1. The minimum Gasteiger partial charge on any atom is -0.348 e. The molecular formula is C14H17NO3S. The Bertz CT molecular complexity index is 622. The van der Waals surface area contributed by atoms with Crippen molar-refractivity contribution < 1.29 is 13.2 Å². The van der Waals surface area contributed by atoms with E-state index in [1.54, 1.807) is 0 Å². The van der Waals surface area contributed by atoms with E-state index in [1.165, 1.54) is 11.1 Å². The Morgan fingerprint density at radius 1 is 1.21 bits per heavy atom. The van der Waals surface area contributed by atoms with Crippen LogP contribution >= 0.6 is 0 Å². The van der Waals surface area contributed by atoms with Gasteiger partial charge in [-0.1, -0.05) is 6.07 Å². The lowest BCUT2D eigenvalue weighted by molar-refractivity contribution is 0.0941. The van der Waals surface area contributed by atoms with Gasteiger partial charge < -0.3 is 5.32 Å². The maximum Gasteiger partial charge on any atom is 0.251 e. The molecule has 1 aliphatic heterocycles. The fourth-order valence-electron chi connectivity index (χ4n) is 2.89. The zero-order valence-corrected chi connectivity index (χ0v) is 11.5. The monoisotopic (exact) mass is 279 g/mol. The summed E-state index contributed by atoms with van der Waals surface area (Å²) in [6.07, 6.45) is 3.81. The van der Waals surface area contributed by atoms with Crippen molar-refractivity contribution in [2.75, 3.05) is 11.5 Å². The molecule has 0 spiro atoms. The van der Waals surface area contributed by atoms with Crippen LogP contribution in [0.25, 0.3) is 0 Å². The predicted molar refractivity (Wildman–Crippen MR) is 73.0 cm³/mol. The van der Waals surface area contributed by atoms with Gasteiger partial charge in [-0.3, -0.25) is 4.79 Å². The molecule has 5 heteroatoms. The number of carbonyl (C=O) groups is 1. The van der Waals surface area contributed by atoms with Crippen LogP contribution in [-0.2, 0) is 22.7 Å². The number of rotatable bonds is 2. The summed E-state index contributed by atoms with van der Waals surface area (Å²) in [5.41, 5.74) is 3.23. The number of fused-ring (bicyclic) bond motifs is 1. The van der Waals surface area contributed by atoms with Crippen molar-refractivity contribution in [3.05, 3.63) is 34.9 Å². The van der Waals surface area contributed by atoms with Crippen LogP contribution in [0.2, 0.25) is 0 Å². The second kappa shape index (κ2) is 4.63. The second-order valence-corrected chi connectivity index (χ2v) is 7.64. The summed E-state index contributed by atoms with van der Waals surface area (Å²) in [5, 5.41) is 2.82. The van der Waals surface area contributed by atoms with E-state index in [-0.39, 0.29) is 23.5 Å². The molecule has 102 valence electrons. The molecule has 1 amide bonds. The number of nitrogens with one attached hydrogen (secondary N) is 1. The molecule has 1 aromatic carbocycles. The lowest BCUT2D eigenvalue weighted by Crippen LogP contribution is -2.35. The Labute approximate surface area is 113 Å². The topological polar surface area (TPSA) is 63.2 Å². The molecule has 1 heterocycles. The summed E-state index contributed by atoms with van der Waals surface area (Å²) in [6, 6.07) is 5.57. The van der Waals surface area contributed by atoms with Crippen molar-refractivity contribution >= 4 is 15.7 Å². The van der Waals surface area contributed by atoms with Gasteiger partial charge in [0.1, 0.15) is 0 Å². The Morgan fingerprint density at radius 3 is 2.74 bits per heavy atom. The number of hydrogen-bond acceptors (Lipinski definition) is 3. The van der Waals surface area contributed by atoms with Crippen LogP contribution in [0.4, 0.5) is 0 Å². The summed E-state index contributed by atoms with van der Waals surface area (Å²) >= 11 is 0. The first-order valence-electron chi connectivity index (χ1n) is 6.67. The van der Waals surface area contributed by atoms with Crippen molar-refractivity contribution in [1.82, 2.24) is 5.32 Å². The number of aryl methyl sites for hydroxylation is 2. The Kier molecular flexibility index (Phi) is 3.09. The van der Waals surface area contributed by atoms with Crippen molar-refractivity contribution in [3.63, 3.8) is 0 Å². The van der Waals surface area contributed by atoms with E-state index in [2.05, 4.69) is 5.32 Å².